The van der Waals surface area contributed by atoms with Crippen LogP contribution in [0.5, 0.6) is 0 Å². The molecule has 0 fully saturated rings. The Morgan fingerprint density at radius 3 is 2.77 bits per heavy atom. The van der Waals surface area contributed by atoms with Crippen LogP contribution in [-0.2, 0) is 0 Å². The van der Waals surface area contributed by atoms with Crippen LogP contribution in [0.2, 0.25) is 0 Å². The Balaban J connectivity index is 1.90. The zero-order chi connectivity index (χ0) is 9.36. The molecule has 0 aliphatic rings. The summed E-state index contributed by atoms with van der Waals surface area (Å²) in [6.45, 7) is 2.23. The van der Waals surface area contributed by atoms with E-state index in [-0.39, 0.29) is 0 Å². The summed E-state index contributed by atoms with van der Waals surface area (Å²) in [5.41, 5.74) is 0. The van der Waals surface area contributed by atoms with Crippen LogP contribution in [0.4, 0.5) is 0 Å². The van der Waals surface area contributed by atoms with Crippen molar-refractivity contribution in [1.29, 1.82) is 0 Å². The summed E-state index contributed by atoms with van der Waals surface area (Å²) in [6, 6.07) is 0. The average Bonchev–Trinajstić information content (AvgIpc) is 2.63. The van der Waals surface area contributed by atoms with E-state index in [9.17, 15) is 0 Å². The minimum atomic E-state index is 1.11. The smallest absolute Gasteiger partial charge is 0.150 e. The Labute approximate surface area is 83.2 Å². The van der Waals surface area contributed by atoms with Crippen LogP contribution in [0, 0.1) is 0 Å². The van der Waals surface area contributed by atoms with Crippen molar-refractivity contribution in [1.82, 2.24) is 19.6 Å². The molecule has 0 aliphatic carbocycles. The molecule has 0 saturated heterocycles. The molecule has 1 rings (SSSR count). The lowest BCUT2D eigenvalue weighted by atomic mass is 10.2. The number of rotatable bonds is 7. The van der Waals surface area contributed by atoms with Gasteiger partial charge in [0.1, 0.15) is 0 Å². The lowest BCUT2D eigenvalue weighted by Gasteiger charge is -1.98. The zero-order valence-electron chi connectivity index (χ0n) is 8.02. The molecule has 4 nitrogen and oxygen atoms in total. The molecule has 1 heterocycles. The predicted octanol–water partition coefficient (Wildman–Crippen LogP) is 2.14. The molecule has 0 atom stereocenters. The molecule has 0 N–H and O–H groups in total. The van der Waals surface area contributed by atoms with E-state index >= 15 is 0 Å². The molecule has 74 valence electrons. The van der Waals surface area contributed by atoms with Crippen molar-refractivity contribution >= 4 is 11.9 Å². The van der Waals surface area contributed by atoms with Crippen molar-refractivity contribution in [3.05, 3.63) is 6.33 Å². The van der Waals surface area contributed by atoms with Gasteiger partial charge in [-0.25, -0.2) is 0 Å². The van der Waals surface area contributed by atoms with Gasteiger partial charge in [0.2, 0.25) is 0 Å². The summed E-state index contributed by atoms with van der Waals surface area (Å²) in [5, 5.41) is 10.9. The van der Waals surface area contributed by atoms with Gasteiger partial charge in [-0.1, -0.05) is 32.6 Å². The first-order valence-electron chi connectivity index (χ1n) is 4.79. The Morgan fingerprint density at radius 2 is 2.08 bits per heavy atom. The van der Waals surface area contributed by atoms with Gasteiger partial charge in [0, 0.05) is 5.75 Å². The van der Waals surface area contributed by atoms with Gasteiger partial charge in [0.15, 0.2) is 6.33 Å². The van der Waals surface area contributed by atoms with Crippen LogP contribution in [-0.4, -0.2) is 25.4 Å². The molecule has 5 heteroatoms. The fourth-order valence-electron chi connectivity index (χ4n) is 1.08. The van der Waals surface area contributed by atoms with Crippen LogP contribution in [0.15, 0.2) is 6.33 Å². The summed E-state index contributed by atoms with van der Waals surface area (Å²) in [7, 11) is 0. The first-order valence-corrected chi connectivity index (χ1v) is 5.74. The van der Waals surface area contributed by atoms with Crippen LogP contribution < -0.4 is 0 Å². The SMILES string of the molecule is CCCCCCCSn1cnnn1. The van der Waals surface area contributed by atoms with Gasteiger partial charge < -0.3 is 0 Å². The third-order valence-electron chi connectivity index (χ3n) is 1.80. The lowest BCUT2D eigenvalue weighted by molar-refractivity contribution is 0.658. The maximum atomic E-state index is 3.77. The minimum Gasteiger partial charge on any atom is -0.174 e. The number of aromatic nitrogens is 4. The van der Waals surface area contributed by atoms with Crippen molar-refractivity contribution in [3.8, 4) is 0 Å². The first-order chi connectivity index (χ1) is 6.43. The average molecular weight is 200 g/mol. The number of hydrogen-bond acceptors (Lipinski definition) is 4. The Morgan fingerprint density at radius 1 is 1.23 bits per heavy atom. The normalized spacial score (nSPS) is 10.5. The van der Waals surface area contributed by atoms with Crippen LogP contribution >= 0.6 is 11.9 Å². The predicted molar refractivity (Wildman–Crippen MR) is 54.4 cm³/mol. The second-order valence-electron chi connectivity index (χ2n) is 2.96. The highest BCUT2D eigenvalue weighted by atomic mass is 32.2. The highest BCUT2D eigenvalue weighted by Gasteiger charge is 1.93. The Hall–Kier alpha value is -0.580. The van der Waals surface area contributed by atoms with Gasteiger partial charge in [0.05, 0.1) is 0 Å². The van der Waals surface area contributed by atoms with Gasteiger partial charge in [-0.15, -0.1) is 5.10 Å². The topological polar surface area (TPSA) is 43.6 Å². The first kappa shape index (κ1) is 10.5. The van der Waals surface area contributed by atoms with E-state index in [2.05, 4.69) is 22.4 Å². The molecule has 0 radical (unpaired) electrons. The molecule has 0 aliphatic heterocycles. The van der Waals surface area contributed by atoms with Crippen molar-refractivity contribution in [2.24, 2.45) is 0 Å². The second-order valence-corrected chi connectivity index (χ2v) is 4.00. The third-order valence-corrected chi connectivity index (χ3v) is 2.70. The molecule has 1 aromatic rings. The highest BCUT2D eigenvalue weighted by Crippen LogP contribution is 2.08. The molecular formula is C8H16N4S. The van der Waals surface area contributed by atoms with Crippen LogP contribution in [0.1, 0.15) is 39.0 Å². The van der Waals surface area contributed by atoms with Crippen molar-refractivity contribution < 1.29 is 0 Å². The van der Waals surface area contributed by atoms with E-state index in [1.165, 1.54) is 32.1 Å². The van der Waals surface area contributed by atoms with E-state index in [1.807, 2.05) is 0 Å². The summed E-state index contributed by atoms with van der Waals surface area (Å²) in [5.74, 6) is 1.11. The Bertz CT molecular complexity index is 200. The fraction of sp³-hybridized carbons (Fsp3) is 0.875. The van der Waals surface area contributed by atoms with Crippen molar-refractivity contribution in [2.45, 2.75) is 39.0 Å². The summed E-state index contributed by atoms with van der Waals surface area (Å²) in [6.07, 6.45) is 8.23. The van der Waals surface area contributed by atoms with E-state index < -0.39 is 0 Å². The van der Waals surface area contributed by atoms with E-state index in [0.717, 1.165) is 5.75 Å². The number of tetrazole rings is 1. The second kappa shape index (κ2) is 6.88. The Kier molecular flexibility index (Phi) is 5.56. The van der Waals surface area contributed by atoms with Gasteiger partial charge in [0.25, 0.3) is 0 Å². The molecule has 0 saturated carbocycles. The standard InChI is InChI=1S/C8H16N4S/c1-2-3-4-5-6-7-13-12-8-9-10-11-12/h8H,2-7H2,1H3. The van der Waals surface area contributed by atoms with E-state index in [4.69, 9.17) is 0 Å². The van der Waals surface area contributed by atoms with Gasteiger partial charge in [-0.3, -0.25) is 0 Å². The number of unbranched alkanes of at least 4 members (excludes halogenated alkanes) is 4. The van der Waals surface area contributed by atoms with E-state index in [0.29, 0.717) is 0 Å². The molecule has 1 aromatic heterocycles. The maximum absolute atomic E-state index is 3.77. The van der Waals surface area contributed by atoms with Gasteiger partial charge in [-0.05, 0) is 28.8 Å². The molecule has 0 spiro atoms. The van der Waals surface area contributed by atoms with E-state index in [1.54, 1.807) is 22.4 Å². The molecule has 0 aromatic carbocycles. The van der Waals surface area contributed by atoms with Crippen molar-refractivity contribution in [2.75, 3.05) is 5.75 Å². The highest BCUT2D eigenvalue weighted by molar-refractivity contribution is 7.97. The van der Waals surface area contributed by atoms with Crippen LogP contribution in [0.25, 0.3) is 0 Å². The molecular weight excluding hydrogens is 184 g/mol. The molecule has 0 unspecified atom stereocenters. The minimum absolute atomic E-state index is 1.11. The fourth-order valence-corrected chi connectivity index (χ4v) is 1.79. The number of nitrogens with zero attached hydrogens (tertiary/aromatic N) is 4. The number of hydrogen-bond donors (Lipinski definition) is 0. The summed E-state index contributed by atoms with van der Waals surface area (Å²) in [4.78, 5) is 0. The molecule has 13 heavy (non-hydrogen) atoms. The van der Waals surface area contributed by atoms with Crippen molar-refractivity contribution in [3.63, 3.8) is 0 Å². The molecule has 0 amide bonds. The molecule has 0 bridgehead atoms. The van der Waals surface area contributed by atoms with Crippen LogP contribution in [0.3, 0.4) is 0 Å². The lowest BCUT2D eigenvalue weighted by Crippen LogP contribution is -1.90. The zero-order valence-corrected chi connectivity index (χ0v) is 8.83. The maximum Gasteiger partial charge on any atom is 0.150 e. The quantitative estimate of drug-likeness (QED) is 0.632. The van der Waals surface area contributed by atoms with Gasteiger partial charge in [-0.2, -0.15) is 4.09 Å². The largest absolute Gasteiger partial charge is 0.174 e. The summed E-state index contributed by atoms with van der Waals surface area (Å²) >= 11 is 1.67. The monoisotopic (exact) mass is 200 g/mol. The van der Waals surface area contributed by atoms with Gasteiger partial charge >= 0.3 is 0 Å². The third kappa shape index (κ3) is 4.87. The summed E-state index contributed by atoms with van der Waals surface area (Å²) < 4.78 is 1.71.